The minimum absolute atomic E-state index is 0.146. The Morgan fingerprint density at radius 2 is 1.80 bits per heavy atom. The largest absolute Gasteiger partial charge is 0.481 e. The van der Waals surface area contributed by atoms with Crippen LogP contribution in [0.25, 0.3) is 0 Å². The van der Waals surface area contributed by atoms with Crippen molar-refractivity contribution in [2.45, 2.75) is 33.6 Å². The summed E-state index contributed by atoms with van der Waals surface area (Å²) in [5, 5.41) is 14.8. The number of amides is 2. The van der Waals surface area contributed by atoms with E-state index in [1.54, 1.807) is 0 Å². The first kappa shape index (κ1) is 16.8. The second kappa shape index (κ2) is 7.47. The van der Waals surface area contributed by atoms with E-state index >= 15 is 0 Å². The Morgan fingerprint density at radius 1 is 1.20 bits per heavy atom. The standard InChI is InChI=1S/C14H26N2O4/c1-10(2)11(3)8-15-13(19)16-9-14(12(17)18)4-6-20-7-5-14/h10-11H,4-9H2,1-3H3,(H,17,18)(H2,15,16,19). The zero-order valence-electron chi connectivity index (χ0n) is 12.6. The van der Waals surface area contributed by atoms with Gasteiger partial charge in [-0.2, -0.15) is 0 Å². The molecule has 0 aliphatic carbocycles. The molecule has 1 heterocycles. The molecule has 1 fully saturated rings. The Morgan fingerprint density at radius 3 is 2.30 bits per heavy atom. The smallest absolute Gasteiger partial charge is 0.314 e. The normalized spacial score (nSPS) is 19.4. The molecule has 0 saturated carbocycles. The third-order valence-electron chi connectivity index (χ3n) is 4.21. The fraction of sp³-hybridized carbons (Fsp3) is 0.857. The van der Waals surface area contributed by atoms with Crippen LogP contribution in [0.4, 0.5) is 4.79 Å². The molecule has 0 bridgehead atoms. The first-order chi connectivity index (χ1) is 9.37. The van der Waals surface area contributed by atoms with Crippen molar-refractivity contribution in [3.63, 3.8) is 0 Å². The van der Waals surface area contributed by atoms with Crippen LogP contribution in [0.15, 0.2) is 0 Å². The maximum Gasteiger partial charge on any atom is 0.314 e. The van der Waals surface area contributed by atoms with E-state index in [1.807, 2.05) is 0 Å². The lowest BCUT2D eigenvalue weighted by Gasteiger charge is -2.33. The van der Waals surface area contributed by atoms with Crippen molar-refractivity contribution in [1.82, 2.24) is 10.6 Å². The maximum absolute atomic E-state index is 11.7. The van der Waals surface area contributed by atoms with Crippen LogP contribution in [-0.4, -0.2) is 43.4 Å². The number of carbonyl (C=O) groups is 2. The van der Waals surface area contributed by atoms with Crippen molar-refractivity contribution >= 4 is 12.0 Å². The number of urea groups is 1. The van der Waals surface area contributed by atoms with Gasteiger partial charge in [-0.3, -0.25) is 4.79 Å². The molecule has 0 radical (unpaired) electrons. The highest BCUT2D eigenvalue weighted by atomic mass is 16.5. The molecule has 20 heavy (non-hydrogen) atoms. The summed E-state index contributed by atoms with van der Waals surface area (Å²) in [4.78, 5) is 23.1. The molecule has 1 atom stereocenters. The van der Waals surface area contributed by atoms with E-state index in [1.165, 1.54) is 0 Å². The molecule has 0 aromatic rings. The number of hydrogen-bond donors (Lipinski definition) is 3. The van der Waals surface area contributed by atoms with Gasteiger partial charge in [0, 0.05) is 26.3 Å². The Balaban J connectivity index is 2.40. The van der Waals surface area contributed by atoms with Gasteiger partial charge in [-0.25, -0.2) is 4.79 Å². The van der Waals surface area contributed by atoms with Crippen LogP contribution in [0.1, 0.15) is 33.6 Å². The van der Waals surface area contributed by atoms with Gasteiger partial charge in [0.1, 0.15) is 0 Å². The number of aliphatic carboxylic acids is 1. The topological polar surface area (TPSA) is 87.7 Å². The molecule has 6 nitrogen and oxygen atoms in total. The summed E-state index contributed by atoms with van der Waals surface area (Å²) in [5.41, 5.74) is -0.890. The summed E-state index contributed by atoms with van der Waals surface area (Å²) in [6.45, 7) is 7.87. The predicted molar refractivity (Wildman–Crippen MR) is 75.5 cm³/mol. The number of rotatable bonds is 6. The third kappa shape index (κ3) is 4.67. The molecule has 1 rings (SSSR count). The first-order valence-corrected chi connectivity index (χ1v) is 7.20. The minimum Gasteiger partial charge on any atom is -0.481 e. The fourth-order valence-electron chi connectivity index (χ4n) is 2.03. The predicted octanol–water partition coefficient (Wildman–Crippen LogP) is 1.46. The average Bonchev–Trinajstić information content (AvgIpc) is 2.43. The van der Waals surface area contributed by atoms with E-state index < -0.39 is 11.4 Å². The fourth-order valence-corrected chi connectivity index (χ4v) is 2.03. The number of hydrogen-bond acceptors (Lipinski definition) is 3. The van der Waals surface area contributed by atoms with Crippen LogP contribution in [0.5, 0.6) is 0 Å². The van der Waals surface area contributed by atoms with Gasteiger partial charge < -0.3 is 20.5 Å². The lowest BCUT2D eigenvalue weighted by Crippen LogP contribution is -2.49. The highest BCUT2D eigenvalue weighted by Gasteiger charge is 2.40. The second-order valence-corrected chi connectivity index (χ2v) is 5.98. The minimum atomic E-state index is -0.890. The molecule has 0 spiro atoms. The zero-order chi connectivity index (χ0) is 15.2. The van der Waals surface area contributed by atoms with Crippen LogP contribution >= 0.6 is 0 Å². The molecular weight excluding hydrogens is 260 g/mol. The van der Waals surface area contributed by atoms with E-state index in [-0.39, 0.29) is 12.6 Å². The quantitative estimate of drug-likeness (QED) is 0.690. The molecule has 1 aliphatic heterocycles. The van der Waals surface area contributed by atoms with Gasteiger partial charge in [0.2, 0.25) is 0 Å². The third-order valence-corrected chi connectivity index (χ3v) is 4.21. The summed E-state index contributed by atoms with van der Waals surface area (Å²) in [7, 11) is 0. The van der Waals surface area contributed by atoms with Gasteiger partial charge in [0.15, 0.2) is 0 Å². The van der Waals surface area contributed by atoms with Gasteiger partial charge in [-0.05, 0) is 24.7 Å². The maximum atomic E-state index is 11.7. The summed E-state index contributed by atoms with van der Waals surface area (Å²) < 4.78 is 5.20. The lowest BCUT2D eigenvalue weighted by molar-refractivity contribution is -0.154. The molecule has 116 valence electrons. The molecule has 3 N–H and O–H groups in total. The van der Waals surface area contributed by atoms with Gasteiger partial charge in [-0.1, -0.05) is 20.8 Å². The second-order valence-electron chi connectivity index (χ2n) is 5.98. The van der Waals surface area contributed by atoms with Crippen LogP contribution < -0.4 is 10.6 Å². The Kier molecular flexibility index (Phi) is 6.26. The van der Waals surface area contributed by atoms with E-state index in [0.29, 0.717) is 44.4 Å². The van der Waals surface area contributed by atoms with Crippen LogP contribution in [0.2, 0.25) is 0 Å². The van der Waals surface area contributed by atoms with Gasteiger partial charge in [0.05, 0.1) is 5.41 Å². The van der Waals surface area contributed by atoms with Gasteiger partial charge in [0.25, 0.3) is 0 Å². The Bertz CT molecular complexity index is 338. The first-order valence-electron chi connectivity index (χ1n) is 7.20. The molecule has 2 amide bonds. The summed E-state index contributed by atoms with van der Waals surface area (Å²) in [6.07, 6.45) is 0.871. The monoisotopic (exact) mass is 286 g/mol. The molecule has 0 aromatic heterocycles. The van der Waals surface area contributed by atoms with E-state index in [9.17, 15) is 14.7 Å². The Hall–Kier alpha value is -1.30. The number of carbonyl (C=O) groups excluding carboxylic acids is 1. The molecular formula is C14H26N2O4. The van der Waals surface area contributed by atoms with Crippen LogP contribution in [0.3, 0.4) is 0 Å². The van der Waals surface area contributed by atoms with E-state index in [0.717, 1.165) is 0 Å². The summed E-state index contributed by atoms with van der Waals surface area (Å²) >= 11 is 0. The number of ether oxygens (including phenoxy) is 1. The van der Waals surface area contributed by atoms with E-state index in [2.05, 4.69) is 31.4 Å². The highest BCUT2D eigenvalue weighted by molar-refractivity contribution is 5.78. The molecule has 1 unspecified atom stereocenters. The van der Waals surface area contributed by atoms with Crippen molar-refractivity contribution in [3.8, 4) is 0 Å². The molecule has 1 saturated heterocycles. The summed E-state index contributed by atoms with van der Waals surface area (Å²) in [6, 6.07) is -0.301. The van der Waals surface area contributed by atoms with Crippen molar-refractivity contribution in [1.29, 1.82) is 0 Å². The lowest BCUT2D eigenvalue weighted by atomic mass is 9.80. The zero-order valence-corrected chi connectivity index (χ0v) is 12.6. The molecule has 6 heteroatoms. The van der Waals surface area contributed by atoms with Crippen LogP contribution in [-0.2, 0) is 9.53 Å². The Labute approximate surface area is 120 Å². The van der Waals surface area contributed by atoms with Crippen molar-refractivity contribution in [2.24, 2.45) is 17.3 Å². The van der Waals surface area contributed by atoms with Crippen molar-refractivity contribution in [2.75, 3.05) is 26.3 Å². The average molecular weight is 286 g/mol. The van der Waals surface area contributed by atoms with Gasteiger partial charge in [-0.15, -0.1) is 0 Å². The van der Waals surface area contributed by atoms with E-state index in [4.69, 9.17) is 4.74 Å². The number of carboxylic acids is 1. The van der Waals surface area contributed by atoms with Crippen LogP contribution in [0, 0.1) is 17.3 Å². The number of nitrogens with one attached hydrogen (secondary N) is 2. The highest BCUT2D eigenvalue weighted by Crippen LogP contribution is 2.29. The van der Waals surface area contributed by atoms with Gasteiger partial charge >= 0.3 is 12.0 Å². The van der Waals surface area contributed by atoms with Crippen molar-refractivity contribution in [3.05, 3.63) is 0 Å². The summed E-state index contributed by atoms with van der Waals surface area (Å²) in [5.74, 6) is 0.0186. The SMILES string of the molecule is CC(C)C(C)CNC(=O)NCC1(C(=O)O)CCOCC1. The molecule has 0 aromatic carbocycles. The number of carboxylic acid groups (broad SMARTS) is 1. The molecule has 1 aliphatic rings. The van der Waals surface area contributed by atoms with Crippen molar-refractivity contribution < 1.29 is 19.4 Å².